The number of hydrogen-bond acceptors (Lipinski definition) is 6. The van der Waals surface area contributed by atoms with Gasteiger partial charge in [-0.3, -0.25) is 9.59 Å². The summed E-state index contributed by atoms with van der Waals surface area (Å²) in [6.45, 7) is 6.59. The molecule has 1 aromatic carbocycles. The summed E-state index contributed by atoms with van der Waals surface area (Å²) in [5, 5.41) is 12.2. The van der Waals surface area contributed by atoms with Gasteiger partial charge in [0.15, 0.2) is 5.69 Å². The summed E-state index contributed by atoms with van der Waals surface area (Å²) in [6.07, 6.45) is 6.14. The third-order valence-electron chi connectivity index (χ3n) is 5.52. The minimum Gasteiger partial charge on any atom is -0.477 e. The molecule has 0 saturated heterocycles. The number of aromatic carboxylic acids is 1. The van der Waals surface area contributed by atoms with Crippen LogP contribution in [0.5, 0.6) is 0 Å². The number of carbonyl (C=O) groups excluding carboxylic acids is 2. The van der Waals surface area contributed by atoms with Crippen LogP contribution in [0.4, 0.5) is 0 Å². The first-order valence-corrected chi connectivity index (χ1v) is 13.2. The molecule has 1 atom stereocenters. The summed E-state index contributed by atoms with van der Waals surface area (Å²) in [5.41, 5.74) is 0.481. The summed E-state index contributed by atoms with van der Waals surface area (Å²) in [6, 6.07) is 6.63. The molecule has 190 valence electrons. The first-order chi connectivity index (χ1) is 16.6. The van der Waals surface area contributed by atoms with Crippen molar-refractivity contribution in [2.24, 2.45) is 5.92 Å². The Kier molecular flexibility index (Phi) is 10.4. The van der Waals surface area contributed by atoms with E-state index >= 15 is 0 Å². The van der Waals surface area contributed by atoms with E-state index in [1.165, 1.54) is 30.3 Å². The van der Waals surface area contributed by atoms with Crippen molar-refractivity contribution in [3.63, 3.8) is 0 Å². The van der Waals surface area contributed by atoms with Gasteiger partial charge in [-0.15, -0.1) is 0 Å². The number of rotatable bonds is 13. The number of unbranched alkanes of at least 4 members (excludes halogenated alkanes) is 2. The fourth-order valence-corrected chi connectivity index (χ4v) is 4.49. The second-order valence-corrected chi connectivity index (χ2v) is 10.2. The van der Waals surface area contributed by atoms with Crippen LogP contribution in [0.15, 0.2) is 41.4 Å². The van der Waals surface area contributed by atoms with Crippen molar-refractivity contribution in [2.75, 3.05) is 6.54 Å². The molecule has 0 aliphatic heterocycles. The number of pyridine rings is 1. The SMILES string of the molecule is CCCCNC(=O)c1ccc(S(=O)(=O)NC(=O)c2cnc(C(=O)O)c(CC(C)CCCC)c2)cc1. The molecule has 1 aromatic heterocycles. The maximum atomic E-state index is 12.7. The van der Waals surface area contributed by atoms with Crippen molar-refractivity contribution in [2.45, 2.75) is 64.2 Å². The summed E-state index contributed by atoms with van der Waals surface area (Å²) in [7, 11) is -4.22. The van der Waals surface area contributed by atoms with Gasteiger partial charge in [0.05, 0.1) is 10.5 Å². The third kappa shape index (κ3) is 8.17. The van der Waals surface area contributed by atoms with Gasteiger partial charge in [-0.25, -0.2) is 22.9 Å². The number of nitrogens with zero attached hydrogens (tertiary/aromatic N) is 1. The Morgan fingerprint density at radius 1 is 1.00 bits per heavy atom. The molecule has 2 aromatic rings. The smallest absolute Gasteiger partial charge is 0.354 e. The number of carboxylic acids is 1. The van der Waals surface area contributed by atoms with E-state index in [2.05, 4.69) is 17.2 Å². The highest BCUT2D eigenvalue weighted by Gasteiger charge is 2.22. The molecule has 0 aliphatic carbocycles. The maximum Gasteiger partial charge on any atom is 0.354 e. The Morgan fingerprint density at radius 2 is 1.66 bits per heavy atom. The van der Waals surface area contributed by atoms with Crippen LogP contribution in [0.25, 0.3) is 0 Å². The van der Waals surface area contributed by atoms with Crippen molar-refractivity contribution in [3.8, 4) is 0 Å². The van der Waals surface area contributed by atoms with Gasteiger partial charge in [-0.05, 0) is 54.7 Å². The standard InChI is InChI=1S/C25H33N3O6S/c1-4-6-8-17(3)14-19-15-20(16-27-22(19)25(31)32)24(30)28-35(33,34)21-11-9-18(10-12-21)23(29)26-13-7-5-2/h9-12,15-17H,4-8,13-14H2,1-3H3,(H,26,29)(H,28,30)(H,31,32). The van der Waals surface area contributed by atoms with Crippen molar-refractivity contribution >= 4 is 27.8 Å². The Hall–Kier alpha value is -3.27. The Balaban J connectivity index is 2.17. The molecule has 3 N–H and O–H groups in total. The van der Waals surface area contributed by atoms with Gasteiger partial charge in [-0.1, -0.05) is 46.5 Å². The van der Waals surface area contributed by atoms with E-state index in [-0.39, 0.29) is 28.0 Å². The lowest BCUT2D eigenvalue weighted by atomic mass is 9.94. The van der Waals surface area contributed by atoms with Crippen LogP contribution in [0.1, 0.15) is 89.6 Å². The fourth-order valence-electron chi connectivity index (χ4n) is 3.52. The lowest BCUT2D eigenvalue weighted by molar-refractivity contribution is 0.0687. The summed E-state index contributed by atoms with van der Waals surface area (Å²) >= 11 is 0. The molecule has 1 unspecified atom stereocenters. The Bertz CT molecular complexity index is 1150. The number of aromatic nitrogens is 1. The van der Waals surface area contributed by atoms with Crippen LogP contribution in [-0.4, -0.2) is 42.8 Å². The molecule has 35 heavy (non-hydrogen) atoms. The van der Waals surface area contributed by atoms with Gasteiger partial charge in [0, 0.05) is 18.3 Å². The first-order valence-electron chi connectivity index (χ1n) is 11.8. The normalized spacial score (nSPS) is 12.1. The van der Waals surface area contributed by atoms with Gasteiger partial charge < -0.3 is 10.4 Å². The average Bonchev–Trinajstić information content (AvgIpc) is 2.82. The molecule has 2 amide bonds. The van der Waals surface area contributed by atoms with Crippen molar-refractivity contribution in [1.29, 1.82) is 0 Å². The van der Waals surface area contributed by atoms with Crippen LogP contribution in [-0.2, 0) is 16.4 Å². The Morgan fingerprint density at radius 3 is 2.26 bits per heavy atom. The molecule has 2 rings (SSSR count). The second-order valence-electron chi connectivity index (χ2n) is 8.56. The number of carbonyl (C=O) groups is 3. The minimum absolute atomic E-state index is 0.0526. The van der Waals surface area contributed by atoms with Crippen LogP contribution >= 0.6 is 0 Å². The molecule has 0 aliphatic rings. The van der Waals surface area contributed by atoms with Crippen molar-refractivity contribution < 1.29 is 27.9 Å². The van der Waals surface area contributed by atoms with E-state index in [0.29, 0.717) is 24.1 Å². The molecule has 0 bridgehead atoms. The molecular formula is C25H33N3O6S. The highest BCUT2D eigenvalue weighted by Crippen LogP contribution is 2.19. The van der Waals surface area contributed by atoms with E-state index in [4.69, 9.17) is 0 Å². The zero-order chi connectivity index (χ0) is 26.0. The third-order valence-corrected chi connectivity index (χ3v) is 6.87. The first kappa shape index (κ1) is 28.0. The van der Waals surface area contributed by atoms with E-state index in [1.807, 2.05) is 18.6 Å². The molecule has 0 spiro atoms. The fraction of sp³-hybridized carbons (Fsp3) is 0.440. The maximum absolute atomic E-state index is 12.7. The summed E-state index contributed by atoms with van der Waals surface area (Å²) in [4.78, 5) is 40.1. The highest BCUT2D eigenvalue weighted by atomic mass is 32.2. The van der Waals surface area contributed by atoms with Gasteiger partial charge >= 0.3 is 5.97 Å². The van der Waals surface area contributed by atoms with Crippen LogP contribution < -0.4 is 10.0 Å². The molecule has 10 heteroatoms. The van der Waals surface area contributed by atoms with Gasteiger partial charge in [-0.2, -0.15) is 0 Å². The molecule has 0 radical (unpaired) electrons. The number of hydrogen-bond donors (Lipinski definition) is 3. The largest absolute Gasteiger partial charge is 0.477 e. The summed E-state index contributed by atoms with van der Waals surface area (Å²) < 4.78 is 27.4. The lowest BCUT2D eigenvalue weighted by Gasteiger charge is -2.14. The predicted molar refractivity (Wildman–Crippen MR) is 132 cm³/mol. The molecule has 1 heterocycles. The number of sulfonamides is 1. The number of amides is 2. The quantitative estimate of drug-likeness (QED) is 0.353. The van der Waals surface area contributed by atoms with E-state index in [1.54, 1.807) is 0 Å². The monoisotopic (exact) mass is 503 g/mol. The predicted octanol–water partition coefficient (Wildman–Crippen LogP) is 3.80. The molecular weight excluding hydrogens is 470 g/mol. The van der Waals surface area contributed by atoms with Crippen LogP contribution in [0, 0.1) is 5.92 Å². The van der Waals surface area contributed by atoms with Crippen molar-refractivity contribution in [3.05, 3.63) is 58.9 Å². The van der Waals surface area contributed by atoms with Gasteiger partial charge in [0.1, 0.15) is 0 Å². The van der Waals surface area contributed by atoms with Crippen LogP contribution in [0.3, 0.4) is 0 Å². The molecule has 0 saturated carbocycles. The van der Waals surface area contributed by atoms with Gasteiger partial charge in [0.2, 0.25) is 0 Å². The zero-order valence-corrected chi connectivity index (χ0v) is 21.2. The molecule has 9 nitrogen and oxygen atoms in total. The minimum atomic E-state index is -4.22. The highest BCUT2D eigenvalue weighted by molar-refractivity contribution is 7.90. The number of nitrogens with one attached hydrogen (secondary N) is 2. The topological polar surface area (TPSA) is 143 Å². The summed E-state index contributed by atoms with van der Waals surface area (Å²) in [5.74, 6) is -2.26. The van der Waals surface area contributed by atoms with E-state index in [0.717, 1.165) is 38.3 Å². The number of benzene rings is 1. The molecule has 0 fully saturated rings. The lowest BCUT2D eigenvalue weighted by Crippen LogP contribution is -2.31. The van der Waals surface area contributed by atoms with E-state index < -0.39 is 21.9 Å². The van der Waals surface area contributed by atoms with Crippen LogP contribution in [0.2, 0.25) is 0 Å². The van der Waals surface area contributed by atoms with Crippen molar-refractivity contribution in [1.82, 2.24) is 15.0 Å². The number of carboxylic acid groups (broad SMARTS) is 1. The Labute approximate surface area is 206 Å². The second kappa shape index (κ2) is 13.0. The van der Waals surface area contributed by atoms with E-state index in [9.17, 15) is 27.9 Å². The zero-order valence-electron chi connectivity index (χ0n) is 20.3. The van der Waals surface area contributed by atoms with Gasteiger partial charge in [0.25, 0.3) is 21.8 Å². The average molecular weight is 504 g/mol.